The first-order valence-electron chi connectivity index (χ1n) is 6.33. The van der Waals surface area contributed by atoms with Gasteiger partial charge in [-0.25, -0.2) is 0 Å². The average molecular weight is 334 g/mol. The fourth-order valence-electron chi connectivity index (χ4n) is 1.67. The Labute approximate surface area is 127 Å². The molecule has 0 unspecified atom stereocenters. The molecule has 2 aromatic rings. The topological polar surface area (TPSA) is 38.3 Å². The van der Waals surface area contributed by atoms with Crippen molar-refractivity contribution in [2.45, 2.75) is 13.5 Å². The van der Waals surface area contributed by atoms with Gasteiger partial charge in [-0.05, 0) is 36.8 Å². The van der Waals surface area contributed by atoms with Crippen LogP contribution in [0.25, 0.3) is 0 Å². The van der Waals surface area contributed by atoms with E-state index in [0.717, 1.165) is 17.1 Å². The van der Waals surface area contributed by atoms with Gasteiger partial charge in [0.05, 0.1) is 5.33 Å². The van der Waals surface area contributed by atoms with Crippen LogP contribution in [0.5, 0.6) is 11.5 Å². The molecule has 1 N–H and O–H groups in total. The SMILES string of the molecule is Cc1ccc(Oc2ccc(CNC(=O)CBr)cc2)cc1. The van der Waals surface area contributed by atoms with E-state index in [9.17, 15) is 4.79 Å². The minimum Gasteiger partial charge on any atom is -0.457 e. The van der Waals surface area contributed by atoms with Crippen LogP contribution in [0.3, 0.4) is 0 Å². The number of nitrogens with one attached hydrogen (secondary N) is 1. The van der Waals surface area contributed by atoms with Crippen LogP contribution in [0.4, 0.5) is 0 Å². The number of rotatable bonds is 5. The lowest BCUT2D eigenvalue weighted by atomic mass is 10.2. The molecule has 0 spiro atoms. The van der Waals surface area contributed by atoms with Crippen LogP contribution in [-0.2, 0) is 11.3 Å². The van der Waals surface area contributed by atoms with Gasteiger partial charge >= 0.3 is 0 Å². The van der Waals surface area contributed by atoms with Gasteiger partial charge in [0.2, 0.25) is 5.91 Å². The number of carbonyl (C=O) groups excluding carboxylic acids is 1. The monoisotopic (exact) mass is 333 g/mol. The Bertz CT molecular complexity index is 564. The summed E-state index contributed by atoms with van der Waals surface area (Å²) < 4.78 is 5.74. The number of benzene rings is 2. The lowest BCUT2D eigenvalue weighted by Gasteiger charge is -2.07. The Kier molecular flexibility index (Phi) is 5.18. The molecule has 104 valence electrons. The highest BCUT2D eigenvalue weighted by atomic mass is 79.9. The molecule has 1 amide bonds. The predicted molar refractivity (Wildman–Crippen MR) is 83.3 cm³/mol. The summed E-state index contributed by atoms with van der Waals surface area (Å²) in [6.45, 7) is 2.56. The largest absolute Gasteiger partial charge is 0.457 e. The van der Waals surface area contributed by atoms with Gasteiger partial charge in [-0.3, -0.25) is 4.79 Å². The minimum absolute atomic E-state index is 0.0232. The second-order valence-electron chi connectivity index (χ2n) is 4.47. The van der Waals surface area contributed by atoms with Crippen molar-refractivity contribution in [1.82, 2.24) is 5.32 Å². The van der Waals surface area contributed by atoms with Crippen molar-refractivity contribution in [1.29, 1.82) is 0 Å². The van der Waals surface area contributed by atoms with Crippen LogP contribution < -0.4 is 10.1 Å². The number of ether oxygens (including phenoxy) is 1. The summed E-state index contributed by atoms with van der Waals surface area (Å²) in [6, 6.07) is 15.6. The number of aryl methyl sites for hydroxylation is 1. The van der Waals surface area contributed by atoms with Gasteiger partial charge in [0.15, 0.2) is 0 Å². The molecule has 4 heteroatoms. The summed E-state index contributed by atoms with van der Waals surface area (Å²) in [4.78, 5) is 11.1. The highest BCUT2D eigenvalue weighted by Gasteiger charge is 2.00. The van der Waals surface area contributed by atoms with E-state index in [2.05, 4.69) is 21.2 Å². The lowest BCUT2D eigenvalue weighted by Crippen LogP contribution is -2.23. The molecule has 0 radical (unpaired) electrons. The highest BCUT2D eigenvalue weighted by molar-refractivity contribution is 9.09. The number of alkyl halides is 1. The standard InChI is InChI=1S/C16H16BrNO2/c1-12-2-6-14(7-3-12)20-15-8-4-13(5-9-15)11-18-16(19)10-17/h2-9H,10-11H2,1H3,(H,18,19). The van der Waals surface area contributed by atoms with Crippen LogP contribution in [-0.4, -0.2) is 11.2 Å². The first kappa shape index (κ1) is 14.6. The lowest BCUT2D eigenvalue weighted by molar-refractivity contribution is -0.118. The zero-order chi connectivity index (χ0) is 14.4. The van der Waals surface area contributed by atoms with Gasteiger partial charge in [-0.2, -0.15) is 0 Å². The van der Waals surface area contributed by atoms with Gasteiger partial charge in [-0.1, -0.05) is 45.8 Å². The highest BCUT2D eigenvalue weighted by Crippen LogP contribution is 2.21. The average Bonchev–Trinajstić information content (AvgIpc) is 2.48. The molecule has 2 rings (SSSR count). The predicted octanol–water partition coefficient (Wildman–Crippen LogP) is 3.80. The maximum atomic E-state index is 11.1. The smallest absolute Gasteiger partial charge is 0.230 e. The molecule has 0 fully saturated rings. The maximum Gasteiger partial charge on any atom is 0.230 e. The van der Waals surface area contributed by atoms with E-state index in [1.165, 1.54) is 5.56 Å². The van der Waals surface area contributed by atoms with Crippen LogP contribution in [0.1, 0.15) is 11.1 Å². The van der Waals surface area contributed by atoms with Gasteiger partial charge in [0.25, 0.3) is 0 Å². The number of halogens is 1. The number of carbonyl (C=O) groups is 1. The molecule has 0 heterocycles. The molecule has 0 bridgehead atoms. The van der Waals surface area contributed by atoms with E-state index >= 15 is 0 Å². The molecule has 0 saturated heterocycles. The first-order valence-corrected chi connectivity index (χ1v) is 7.45. The second-order valence-corrected chi connectivity index (χ2v) is 5.03. The van der Waals surface area contributed by atoms with Gasteiger partial charge < -0.3 is 10.1 Å². The van der Waals surface area contributed by atoms with Gasteiger partial charge in [0.1, 0.15) is 11.5 Å². The molecule has 0 aliphatic carbocycles. The zero-order valence-corrected chi connectivity index (χ0v) is 12.8. The quantitative estimate of drug-likeness (QED) is 0.845. The molecular weight excluding hydrogens is 318 g/mol. The van der Waals surface area contributed by atoms with Crippen LogP contribution in [0.15, 0.2) is 48.5 Å². The van der Waals surface area contributed by atoms with Crippen LogP contribution in [0, 0.1) is 6.92 Å². The Morgan fingerprint density at radius 2 is 1.60 bits per heavy atom. The summed E-state index contributed by atoms with van der Waals surface area (Å²) in [6.07, 6.45) is 0. The molecule has 0 aliphatic heterocycles. The molecule has 0 atom stereocenters. The third-order valence-electron chi connectivity index (χ3n) is 2.79. The Morgan fingerprint density at radius 3 is 2.15 bits per heavy atom. The molecule has 0 aromatic heterocycles. The fraction of sp³-hybridized carbons (Fsp3) is 0.188. The summed E-state index contributed by atoms with van der Waals surface area (Å²) >= 11 is 3.11. The van der Waals surface area contributed by atoms with Gasteiger partial charge in [-0.15, -0.1) is 0 Å². The Balaban J connectivity index is 1.94. The molecular formula is C16H16BrNO2. The summed E-state index contributed by atoms with van der Waals surface area (Å²) in [5.74, 6) is 1.57. The van der Waals surface area contributed by atoms with Crippen molar-refractivity contribution in [3.63, 3.8) is 0 Å². The third kappa shape index (κ3) is 4.38. The van der Waals surface area contributed by atoms with Crippen molar-refractivity contribution in [3.8, 4) is 11.5 Å². The second kappa shape index (κ2) is 7.10. The first-order chi connectivity index (χ1) is 9.67. The van der Waals surface area contributed by atoms with Crippen molar-refractivity contribution in [2.24, 2.45) is 0 Å². The third-order valence-corrected chi connectivity index (χ3v) is 3.30. The Morgan fingerprint density at radius 1 is 1.05 bits per heavy atom. The van der Waals surface area contributed by atoms with E-state index in [-0.39, 0.29) is 5.91 Å². The van der Waals surface area contributed by atoms with Crippen molar-refractivity contribution >= 4 is 21.8 Å². The number of amides is 1. The van der Waals surface area contributed by atoms with Crippen LogP contribution in [0.2, 0.25) is 0 Å². The van der Waals surface area contributed by atoms with Crippen molar-refractivity contribution in [3.05, 3.63) is 59.7 Å². The van der Waals surface area contributed by atoms with E-state index in [1.54, 1.807) is 0 Å². The van der Waals surface area contributed by atoms with E-state index < -0.39 is 0 Å². The minimum atomic E-state index is -0.0232. The van der Waals surface area contributed by atoms with Gasteiger partial charge in [0, 0.05) is 6.54 Å². The number of hydrogen-bond acceptors (Lipinski definition) is 2. The molecule has 2 aromatic carbocycles. The number of hydrogen-bond donors (Lipinski definition) is 1. The molecule has 20 heavy (non-hydrogen) atoms. The normalized spacial score (nSPS) is 10.1. The van der Waals surface area contributed by atoms with E-state index in [4.69, 9.17) is 4.74 Å². The molecule has 0 saturated carbocycles. The molecule has 0 aliphatic rings. The van der Waals surface area contributed by atoms with E-state index in [1.807, 2.05) is 55.5 Å². The van der Waals surface area contributed by atoms with Crippen molar-refractivity contribution in [2.75, 3.05) is 5.33 Å². The van der Waals surface area contributed by atoms with Crippen molar-refractivity contribution < 1.29 is 9.53 Å². The molecule has 3 nitrogen and oxygen atoms in total. The zero-order valence-electron chi connectivity index (χ0n) is 11.2. The Hall–Kier alpha value is -1.81. The summed E-state index contributed by atoms with van der Waals surface area (Å²) in [5.41, 5.74) is 2.24. The summed E-state index contributed by atoms with van der Waals surface area (Å²) in [5, 5.41) is 3.12. The van der Waals surface area contributed by atoms with Crippen LogP contribution >= 0.6 is 15.9 Å². The summed E-state index contributed by atoms with van der Waals surface area (Å²) in [7, 11) is 0. The maximum absolute atomic E-state index is 11.1. The van der Waals surface area contributed by atoms with E-state index in [0.29, 0.717) is 11.9 Å². The fourth-order valence-corrected chi connectivity index (χ4v) is 1.86.